The Labute approximate surface area is 154 Å². The summed E-state index contributed by atoms with van der Waals surface area (Å²) in [5.74, 6) is -0.0897. The van der Waals surface area contributed by atoms with Crippen molar-refractivity contribution in [3.8, 4) is 0 Å². The van der Waals surface area contributed by atoms with Gasteiger partial charge in [0.25, 0.3) is 5.91 Å². The van der Waals surface area contributed by atoms with Crippen molar-refractivity contribution in [2.45, 2.75) is 20.3 Å². The van der Waals surface area contributed by atoms with Crippen molar-refractivity contribution in [3.63, 3.8) is 0 Å². The zero-order chi connectivity index (χ0) is 17.1. The summed E-state index contributed by atoms with van der Waals surface area (Å²) in [6, 6.07) is 16.0. The predicted octanol–water partition coefficient (Wildman–Crippen LogP) is 5.29. The summed E-state index contributed by atoms with van der Waals surface area (Å²) >= 11 is 4.83. The third kappa shape index (κ3) is 3.62. The number of aliphatic imine (C=N–C) groups is 1. The lowest BCUT2D eigenvalue weighted by molar-refractivity contribution is -0.115. The molecule has 3 rings (SSSR count). The number of thioether (sulfide) groups is 1. The molecule has 0 saturated carbocycles. The molecule has 1 N–H and O–H groups in total. The fourth-order valence-electron chi connectivity index (χ4n) is 2.48. The summed E-state index contributed by atoms with van der Waals surface area (Å²) in [6.07, 6.45) is 0.909. The molecule has 1 heterocycles. The minimum Gasteiger partial charge on any atom is -0.300 e. The number of benzene rings is 2. The zero-order valence-corrected chi connectivity index (χ0v) is 15.9. The van der Waals surface area contributed by atoms with Crippen molar-refractivity contribution in [2.24, 2.45) is 4.99 Å². The summed E-state index contributed by atoms with van der Waals surface area (Å²) in [7, 11) is 0. The minimum atomic E-state index is -0.0897. The molecule has 1 aliphatic heterocycles. The molecule has 0 aliphatic carbocycles. The van der Waals surface area contributed by atoms with E-state index in [0.717, 1.165) is 27.7 Å². The van der Waals surface area contributed by atoms with Crippen LogP contribution in [0.4, 0.5) is 5.69 Å². The molecule has 0 radical (unpaired) electrons. The van der Waals surface area contributed by atoms with Crippen molar-refractivity contribution in [1.82, 2.24) is 5.32 Å². The number of amidine groups is 1. The first-order valence-electron chi connectivity index (χ1n) is 7.71. The molecular weight excluding hydrogens is 384 g/mol. The molecule has 2 aromatic rings. The molecular formula is C19H17BrN2OS. The topological polar surface area (TPSA) is 41.5 Å². The fraction of sp³-hybridized carbons (Fsp3) is 0.158. The Balaban J connectivity index is 1.92. The highest BCUT2D eigenvalue weighted by Gasteiger charge is 2.26. The number of aryl methyl sites for hydroxylation is 1. The van der Waals surface area contributed by atoms with Crippen molar-refractivity contribution >= 4 is 50.0 Å². The van der Waals surface area contributed by atoms with Gasteiger partial charge in [0.2, 0.25) is 0 Å². The molecule has 2 aromatic carbocycles. The van der Waals surface area contributed by atoms with Gasteiger partial charge in [-0.25, -0.2) is 4.99 Å². The lowest BCUT2D eigenvalue weighted by Crippen LogP contribution is -2.19. The van der Waals surface area contributed by atoms with E-state index in [1.54, 1.807) is 0 Å². The van der Waals surface area contributed by atoms with Crippen LogP contribution in [-0.4, -0.2) is 11.1 Å². The van der Waals surface area contributed by atoms with Crippen LogP contribution in [0.15, 0.2) is 62.9 Å². The Bertz CT molecular complexity index is 841. The number of allylic oxidation sites excluding steroid dienone is 1. The highest BCUT2D eigenvalue weighted by molar-refractivity contribution is 9.10. The molecule has 0 atom stereocenters. The SMILES string of the molecule is CCc1ccccc1N=C1NC(=O)/C(=C(\C)c2ccc(Br)cc2)S1. The Morgan fingerprint density at radius 2 is 1.88 bits per heavy atom. The number of carbonyl (C=O) groups is 1. The third-order valence-electron chi connectivity index (χ3n) is 3.84. The molecule has 3 nitrogen and oxygen atoms in total. The molecule has 0 spiro atoms. The van der Waals surface area contributed by atoms with Gasteiger partial charge in [-0.3, -0.25) is 4.79 Å². The average Bonchev–Trinajstić information content (AvgIpc) is 2.96. The van der Waals surface area contributed by atoms with Gasteiger partial charge in [-0.05, 0) is 60.0 Å². The normalized spacial score (nSPS) is 18.0. The van der Waals surface area contributed by atoms with Crippen LogP contribution in [0, 0.1) is 0 Å². The van der Waals surface area contributed by atoms with Gasteiger partial charge in [0.05, 0.1) is 10.6 Å². The number of amides is 1. The Hall–Kier alpha value is -1.85. The second kappa shape index (κ2) is 7.36. The van der Waals surface area contributed by atoms with Gasteiger partial charge in [-0.15, -0.1) is 0 Å². The van der Waals surface area contributed by atoms with E-state index in [4.69, 9.17) is 0 Å². The van der Waals surface area contributed by atoms with Crippen LogP contribution in [0.25, 0.3) is 5.57 Å². The number of nitrogens with one attached hydrogen (secondary N) is 1. The largest absolute Gasteiger partial charge is 0.300 e. The molecule has 5 heteroatoms. The predicted molar refractivity (Wildman–Crippen MR) is 105 cm³/mol. The van der Waals surface area contributed by atoms with E-state index < -0.39 is 0 Å². The van der Waals surface area contributed by atoms with Crippen LogP contribution >= 0.6 is 27.7 Å². The summed E-state index contributed by atoms with van der Waals surface area (Å²) in [5.41, 5.74) is 4.07. The quantitative estimate of drug-likeness (QED) is 0.710. The first-order chi connectivity index (χ1) is 11.6. The number of rotatable bonds is 3. The maximum absolute atomic E-state index is 12.3. The first kappa shape index (κ1) is 17.0. The monoisotopic (exact) mass is 400 g/mol. The highest BCUT2D eigenvalue weighted by Crippen LogP contribution is 2.33. The lowest BCUT2D eigenvalue weighted by Gasteiger charge is -2.04. The average molecular weight is 401 g/mol. The molecule has 0 bridgehead atoms. The van der Waals surface area contributed by atoms with Gasteiger partial charge in [0.1, 0.15) is 0 Å². The van der Waals surface area contributed by atoms with E-state index in [-0.39, 0.29) is 5.91 Å². The number of hydrogen-bond acceptors (Lipinski definition) is 3. The summed E-state index contributed by atoms with van der Waals surface area (Å²) in [6.45, 7) is 4.07. The summed E-state index contributed by atoms with van der Waals surface area (Å²) < 4.78 is 1.02. The van der Waals surface area contributed by atoms with Crippen LogP contribution in [0.5, 0.6) is 0 Å². The lowest BCUT2D eigenvalue weighted by atomic mass is 10.1. The molecule has 122 valence electrons. The van der Waals surface area contributed by atoms with Gasteiger partial charge >= 0.3 is 0 Å². The Morgan fingerprint density at radius 1 is 1.17 bits per heavy atom. The number of halogens is 1. The first-order valence-corrected chi connectivity index (χ1v) is 9.32. The Kier molecular flexibility index (Phi) is 5.21. The number of carbonyl (C=O) groups excluding carboxylic acids is 1. The van der Waals surface area contributed by atoms with E-state index in [1.807, 2.05) is 49.4 Å². The number of para-hydroxylation sites is 1. The van der Waals surface area contributed by atoms with Gasteiger partial charge in [0, 0.05) is 4.47 Å². The molecule has 1 fully saturated rings. The molecule has 0 aromatic heterocycles. The molecule has 24 heavy (non-hydrogen) atoms. The van der Waals surface area contributed by atoms with Crippen molar-refractivity contribution < 1.29 is 4.79 Å². The fourth-order valence-corrected chi connectivity index (χ4v) is 3.64. The van der Waals surface area contributed by atoms with Gasteiger partial charge in [-0.1, -0.05) is 53.2 Å². The van der Waals surface area contributed by atoms with Crippen LogP contribution in [0.1, 0.15) is 25.0 Å². The van der Waals surface area contributed by atoms with Gasteiger partial charge < -0.3 is 5.32 Å². The summed E-state index contributed by atoms with van der Waals surface area (Å²) in [4.78, 5) is 17.7. The smallest absolute Gasteiger partial charge is 0.264 e. The molecule has 1 saturated heterocycles. The third-order valence-corrected chi connectivity index (χ3v) is 5.45. The van der Waals surface area contributed by atoms with E-state index in [1.165, 1.54) is 17.3 Å². The summed E-state index contributed by atoms with van der Waals surface area (Å²) in [5, 5.41) is 3.50. The van der Waals surface area contributed by atoms with E-state index in [0.29, 0.717) is 10.1 Å². The van der Waals surface area contributed by atoms with Gasteiger partial charge in [0.15, 0.2) is 5.17 Å². The second-order valence-electron chi connectivity index (χ2n) is 5.42. The molecule has 1 amide bonds. The van der Waals surface area contributed by atoms with Crippen LogP contribution < -0.4 is 5.32 Å². The van der Waals surface area contributed by atoms with Crippen molar-refractivity contribution in [1.29, 1.82) is 0 Å². The van der Waals surface area contributed by atoms with E-state index >= 15 is 0 Å². The van der Waals surface area contributed by atoms with E-state index in [9.17, 15) is 4.79 Å². The number of nitrogens with zero attached hydrogens (tertiary/aromatic N) is 1. The maximum atomic E-state index is 12.3. The second-order valence-corrected chi connectivity index (χ2v) is 7.33. The van der Waals surface area contributed by atoms with Crippen LogP contribution in [-0.2, 0) is 11.2 Å². The Morgan fingerprint density at radius 3 is 2.58 bits per heavy atom. The minimum absolute atomic E-state index is 0.0897. The van der Waals surface area contributed by atoms with Crippen molar-refractivity contribution in [2.75, 3.05) is 0 Å². The standard InChI is InChI=1S/C19H17BrN2OS/c1-3-13-6-4-5-7-16(13)21-19-22-18(23)17(24-19)12(2)14-8-10-15(20)11-9-14/h4-11H,3H2,1-2H3,(H,21,22,23)/b17-12-. The zero-order valence-electron chi connectivity index (χ0n) is 13.5. The van der Waals surface area contributed by atoms with Crippen LogP contribution in [0.3, 0.4) is 0 Å². The van der Waals surface area contributed by atoms with E-state index in [2.05, 4.69) is 39.2 Å². The van der Waals surface area contributed by atoms with Gasteiger partial charge in [-0.2, -0.15) is 0 Å². The maximum Gasteiger partial charge on any atom is 0.264 e. The molecule has 0 unspecified atom stereocenters. The van der Waals surface area contributed by atoms with Crippen molar-refractivity contribution in [3.05, 3.63) is 69.0 Å². The molecule has 1 aliphatic rings. The van der Waals surface area contributed by atoms with Crippen LogP contribution in [0.2, 0.25) is 0 Å². The number of hydrogen-bond donors (Lipinski definition) is 1. The highest BCUT2D eigenvalue weighted by atomic mass is 79.9.